The zero-order valence-electron chi connectivity index (χ0n) is 18.2. The van der Waals surface area contributed by atoms with Crippen LogP contribution in [-0.4, -0.2) is 31.6 Å². The number of hydrogen-bond donors (Lipinski definition) is 2. The summed E-state index contributed by atoms with van der Waals surface area (Å²) in [5.41, 5.74) is 1.99. The fourth-order valence-corrected chi connectivity index (χ4v) is 3.08. The van der Waals surface area contributed by atoms with E-state index in [0.29, 0.717) is 35.9 Å². The van der Waals surface area contributed by atoms with Gasteiger partial charge in [-0.25, -0.2) is 0 Å². The monoisotopic (exact) mass is 432 g/mol. The van der Waals surface area contributed by atoms with E-state index in [1.54, 1.807) is 36.4 Å². The highest BCUT2D eigenvalue weighted by atomic mass is 16.5. The van der Waals surface area contributed by atoms with Crippen molar-refractivity contribution >= 4 is 17.5 Å². The van der Waals surface area contributed by atoms with E-state index in [-0.39, 0.29) is 18.4 Å². The minimum absolute atomic E-state index is 0.198. The maximum Gasteiger partial charge on any atom is 0.262 e. The number of rotatable bonds is 11. The van der Waals surface area contributed by atoms with Crippen molar-refractivity contribution in [2.45, 2.75) is 19.8 Å². The number of amides is 2. The predicted molar refractivity (Wildman–Crippen MR) is 125 cm³/mol. The van der Waals surface area contributed by atoms with Crippen LogP contribution in [0.1, 0.15) is 29.3 Å². The number of hydrogen-bond acceptors (Lipinski definition) is 4. The lowest BCUT2D eigenvalue weighted by atomic mass is 10.1. The quantitative estimate of drug-likeness (QED) is 0.469. The van der Waals surface area contributed by atoms with Crippen LogP contribution in [0.5, 0.6) is 11.5 Å². The van der Waals surface area contributed by atoms with Crippen molar-refractivity contribution in [1.29, 1.82) is 0 Å². The first kappa shape index (κ1) is 22.9. The topological polar surface area (TPSA) is 76.7 Å². The first-order valence-electron chi connectivity index (χ1n) is 10.7. The third-order valence-corrected chi connectivity index (χ3v) is 4.66. The number of anilines is 1. The van der Waals surface area contributed by atoms with Gasteiger partial charge in [-0.05, 0) is 42.7 Å². The molecule has 166 valence electrons. The summed E-state index contributed by atoms with van der Waals surface area (Å²) in [4.78, 5) is 25.1. The van der Waals surface area contributed by atoms with Crippen LogP contribution in [0.4, 0.5) is 5.69 Å². The molecule has 0 saturated heterocycles. The van der Waals surface area contributed by atoms with Gasteiger partial charge in [-0.2, -0.15) is 0 Å². The maximum atomic E-state index is 12.7. The lowest BCUT2D eigenvalue weighted by Crippen LogP contribution is -2.28. The van der Waals surface area contributed by atoms with Crippen molar-refractivity contribution < 1.29 is 19.1 Å². The molecule has 0 aromatic heterocycles. The lowest BCUT2D eigenvalue weighted by molar-refractivity contribution is -0.118. The summed E-state index contributed by atoms with van der Waals surface area (Å²) in [6.07, 6.45) is 1.60. The van der Waals surface area contributed by atoms with Crippen LogP contribution in [0, 0.1) is 0 Å². The van der Waals surface area contributed by atoms with Gasteiger partial charge < -0.3 is 20.1 Å². The Morgan fingerprint density at radius 1 is 0.812 bits per heavy atom. The van der Waals surface area contributed by atoms with Crippen LogP contribution in [0.25, 0.3) is 0 Å². The van der Waals surface area contributed by atoms with Crippen LogP contribution in [0.2, 0.25) is 0 Å². The highest BCUT2D eigenvalue weighted by Crippen LogP contribution is 2.26. The third-order valence-electron chi connectivity index (χ3n) is 4.66. The molecule has 0 aliphatic carbocycles. The SMILES string of the molecule is CCCOc1ccccc1OCC(=O)Nc1ccccc1C(=O)NCCc1ccccc1. The normalized spacial score (nSPS) is 10.3. The van der Waals surface area contributed by atoms with Crippen LogP contribution in [0.3, 0.4) is 0 Å². The Balaban J connectivity index is 1.55. The number of carbonyl (C=O) groups excluding carboxylic acids is 2. The molecule has 0 fully saturated rings. The largest absolute Gasteiger partial charge is 0.490 e. The average Bonchev–Trinajstić information content (AvgIpc) is 2.83. The number of para-hydroxylation sites is 3. The predicted octanol–water partition coefficient (Wildman–Crippen LogP) is 4.47. The molecule has 3 rings (SSSR count). The number of ether oxygens (including phenoxy) is 2. The summed E-state index contributed by atoms with van der Waals surface area (Å²) in [5, 5.41) is 5.67. The third kappa shape index (κ3) is 6.87. The van der Waals surface area contributed by atoms with Gasteiger partial charge in [0.2, 0.25) is 0 Å². The van der Waals surface area contributed by atoms with E-state index in [9.17, 15) is 9.59 Å². The number of carbonyl (C=O) groups is 2. The van der Waals surface area contributed by atoms with Crippen molar-refractivity contribution in [3.63, 3.8) is 0 Å². The molecular formula is C26H28N2O4. The summed E-state index contributed by atoms with van der Waals surface area (Å²) in [5.74, 6) is 0.499. The summed E-state index contributed by atoms with van der Waals surface area (Å²) in [6.45, 7) is 2.89. The molecule has 0 atom stereocenters. The highest BCUT2D eigenvalue weighted by Gasteiger charge is 2.14. The molecule has 0 heterocycles. The Hall–Kier alpha value is -3.80. The smallest absolute Gasteiger partial charge is 0.262 e. The summed E-state index contributed by atoms with van der Waals surface area (Å²) >= 11 is 0. The molecule has 0 aliphatic rings. The number of benzene rings is 3. The number of nitrogens with one attached hydrogen (secondary N) is 2. The molecule has 0 bridgehead atoms. The highest BCUT2D eigenvalue weighted by molar-refractivity contribution is 6.04. The van der Waals surface area contributed by atoms with Gasteiger partial charge in [0.1, 0.15) is 0 Å². The second-order valence-electron chi connectivity index (χ2n) is 7.17. The lowest BCUT2D eigenvalue weighted by Gasteiger charge is -2.14. The maximum absolute atomic E-state index is 12.7. The fourth-order valence-electron chi connectivity index (χ4n) is 3.08. The molecule has 0 saturated carbocycles. The molecule has 6 nitrogen and oxygen atoms in total. The van der Waals surface area contributed by atoms with Crippen molar-refractivity contribution in [2.24, 2.45) is 0 Å². The van der Waals surface area contributed by atoms with E-state index >= 15 is 0 Å². The molecule has 32 heavy (non-hydrogen) atoms. The molecule has 0 aliphatic heterocycles. The Bertz CT molecular complexity index is 1020. The minimum atomic E-state index is -0.361. The molecule has 2 N–H and O–H groups in total. The summed E-state index contributed by atoms with van der Waals surface area (Å²) < 4.78 is 11.3. The fraction of sp³-hybridized carbons (Fsp3) is 0.231. The zero-order chi connectivity index (χ0) is 22.6. The van der Waals surface area contributed by atoms with Crippen molar-refractivity contribution in [3.05, 3.63) is 90.0 Å². The van der Waals surface area contributed by atoms with E-state index in [4.69, 9.17) is 9.47 Å². The van der Waals surface area contributed by atoms with Crippen molar-refractivity contribution in [1.82, 2.24) is 5.32 Å². The second-order valence-corrected chi connectivity index (χ2v) is 7.17. The van der Waals surface area contributed by atoms with Gasteiger partial charge in [0, 0.05) is 6.54 Å². The molecule has 2 amide bonds. The Kier molecular flexibility index (Phi) is 8.69. The van der Waals surface area contributed by atoms with Gasteiger partial charge >= 0.3 is 0 Å². The van der Waals surface area contributed by atoms with Gasteiger partial charge in [-0.15, -0.1) is 0 Å². The summed E-state index contributed by atoms with van der Waals surface area (Å²) in [6, 6.07) is 24.1. The minimum Gasteiger partial charge on any atom is -0.490 e. The average molecular weight is 433 g/mol. The molecular weight excluding hydrogens is 404 g/mol. The van der Waals surface area contributed by atoms with Crippen LogP contribution < -0.4 is 20.1 Å². The van der Waals surface area contributed by atoms with Gasteiger partial charge in [0.25, 0.3) is 11.8 Å². The first-order valence-corrected chi connectivity index (χ1v) is 10.7. The van der Waals surface area contributed by atoms with Gasteiger partial charge in [0.05, 0.1) is 17.9 Å². The summed E-state index contributed by atoms with van der Waals surface area (Å²) in [7, 11) is 0. The Labute approximate surface area is 188 Å². The molecule has 3 aromatic rings. The van der Waals surface area contributed by atoms with Crippen LogP contribution in [0.15, 0.2) is 78.9 Å². The second kappa shape index (κ2) is 12.2. The standard InChI is InChI=1S/C26H28N2O4/c1-2-18-31-23-14-8-9-15-24(23)32-19-25(29)28-22-13-7-6-12-21(22)26(30)27-17-16-20-10-4-3-5-11-20/h3-15H,2,16-19H2,1H3,(H,27,30)(H,28,29). The Morgan fingerprint density at radius 2 is 1.47 bits per heavy atom. The van der Waals surface area contributed by atoms with E-state index in [1.165, 1.54) is 0 Å². The van der Waals surface area contributed by atoms with E-state index < -0.39 is 0 Å². The molecule has 0 radical (unpaired) electrons. The van der Waals surface area contributed by atoms with Gasteiger partial charge in [-0.1, -0.05) is 61.5 Å². The van der Waals surface area contributed by atoms with Crippen LogP contribution >= 0.6 is 0 Å². The van der Waals surface area contributed by atoms with E-state index in [1.807, 2.05) is 49.4 Å². The van der Waals surface area contributed by atoms with E-state index in [0.717, 1.165) is 18.4 Å². The van der Waals surface area contributed by atoms with Gasteiger partial charge in [-0.3, -0.25) is 9.59 Å². The molecule has 0 unspecified atom stereocenters. The van der Waals surface area contributed by atoms with Crippen LogP contribution in [-0.2, 0) is 11.2 Å². The zero-order valence-corrected chi connectivity index (χ0v) is 18.2. The first-order chi connectivity index (χ1) is 15.7. The van der Waals surface area contributed by atoms with E-state index in [2.05, 4.69) is 10.6 Å². The molecule has 6 heteroatoms. The van der Waals surface area contributed by atoms with Gasteiger partial charge in [0.15, 0.2) is 18.1 Å². The molecule has 0 spiro atoms. The molecule has 3 aromatic carbocycles. The Morgan fingerprint density at radius 3 is 2.22 bits per heavy atom. The van der Waals surface area contributed by atoms with Crippen molar-refractivity contribution in [3.8, 4) is 11.5 Å². The van der Waals surface area contributed by atoms with Crippen molar-refractivity contribution in [2.75, 3.05) is 25.1 Å².